The van der Waals surface area contributed by atoms with Crippen LogP contribution in [0.15, 0.2) is 18.5 Å². The van der Waals surface area contributed by atoms with Gasteiger partial charge in [0.15, 0.2) is 0 Å². The SMILES string of the molecule is CCCOc1cncc(C(O)C(CC)CC)c1. The van der Waals surface area contributed by atoms with E-state index in [1.54, 1.807) is 12.4 Å². The highest BCUT2D eigenvalue weighted by Crippen LogP contribution is 2.28. The van der Waals surface area contributed by atoms with Gasteiger partial charge in [0.1, 0.15) is 5.75 Å². The lowest BCUT2D eigenvalue weighted by atomic mass is 9.92. The van der Waals surface area contributed by atoms with E-state index in [9.17, 15) is 5.11 Å². The van der Waals surface area contributed by atoms with Gasteiger partial charge in [0.25, 0.3) is 0 Å². The van der Waals surface area contributed by atoms with E-state index < -0.39 is 6.10 Å². The van der Waals surface area contributed by atoms with Crippen molar-refractivity contribution in [3.05, 3.63) is 24.0 Å². The number of ether oxygens (including phenoxy) is 1. The summed E-state index contributed by atoms with van der Waals surface area (Å²) >= 11 is 0. The minimum atomic E-state index is -0.442. The molecule has 0 saturated carbocycles. The number of rotatable bonds is 7. The van der Waals surface area contributed by atoms with Crippen LogP contribution in [0.3, 0.4) is 0 Å². The predicted octanol–water partition coefficient (Wildman–Crippen LogP) is 3.34. The Kier molecular flexibility index (Phi) is 5.98. The minimum absolute atomic E-state index is 0.290. The smallest absolute Gasteiger partial charge is 0.137 e. The summed E-state index contributed by atoms with van der Waals surface area (Å²) in [6, 6.07) is 1.89. The third-order valence-electron chi connectivity index (χ3n) is 3.04. The third-order valence-corrected chi connectivity index (χ3v) is 3.04. The molecule has 0 aliphatic rings. The molecular formula is C14H23NO2. The molecule has 17 heavy (non-hydrogen) atoms. The van der Waals surface area contributed by atoms with Crippen molar-refractivity contribution in [2.24, 2.45) is 5.92 Å². The van der Waals surface area contributed by atoms with Gasteiger partial charge < -0.3 is 9.84 Å². The summed E-state index contributed by atoms with van der Waals surface area (Å²) in [4.78, 5) is 4.12. The first kappa shape index (κ1) is 14.0. The van der Waals surface area contributed by atoms with E-state index in [1.165, 1.54) is 0 Å². The van der Waals surface area contributed by atoms with Crippen LogP contribution in [0.5, 0.6) is 5.75 Å². The van der Waals surface area contributed by atoms with Crippen LogP contribution in [0.4, 0.5) is 0 Å². The van der Waals surface area contributed by atoms with Gasteiger partial charge in [0, 0.05) is 11.8 Å². The van der Waals surface area contributed by atoms with Crippen LogP contribution < -0.4 is 4.74 Å². The van der Waals surface area contributed by atoms with Gasteiger partial charge in [-0.05, 0) is 18.4 Å². The van der Waals surface area contributed by atoms with Crippen molar-refractivity contribution in [2.45, 2.75) is 46.1 Å². The Morgan fingerprint density at radius 3 is 2.53 bits per heavy atom. The standard InChI is InChI=1S/C14H23NO2/c1-4-7-17-13-8-12(9-15-10-13)14(16)11(5-2)6-3/h8-11,14,16H,4-7H2,1-3H3. The number of aliphatic hydroxyl groups excluding tert-OH is 1. The summed E-state index contributed by atoms with van der Waals surface area (Å²) < 4.78 is 5.52. The fourth-order valence-corrected chi connectivity index (χ4v) is 1.90. The Morgan fingerprint density at radius 2 is 1.94 bits per heavy atom. The molecule has 1 aromatic heterocycles. The van der Waals surface area contributed by atoms with Crippen molar-refractivity contribution < 1.29 is 9.84 Å². The Bertz CT molecular complexity index is 324. The number of hydrogen-bond acceptors (Lipinski definition) is 3. The third kappa shape index (κ3) is 4.00. The molecule has 0 aromatic carbocycles. The van der Waals surface area contributed by atoms with E-state index in [1.807, 2.05) is 6.07 Å². The van der Waals surface area contributed by atoms with Crippen LogP contribution in [0.25, 0.3) is 0 Å². The van der Waals surface area contributed by atoms with Crippen molar-refractivity contribution in [1.29, 1.82) is 0 Å². The van der Waals surface area contributed by atoms with Crippen LogP contribution in [-0.2, 0) is 0 Å². The number of nitrogens with zero attached hydrogens (tertiary/aromatic N) is 1. The molecule has 1 heterocycles. The monoisotopic (exact) mass is 237 g/mol. The Morgan fingerprint density at radius 1 is 1.24 bits per heavy atom. The summed E-state index contributed by atoms with van der Waals surface area (Å²) in [5, 5.41) is 10.2. The average Bonchev–Trinajstić information content (AvgIpc) is 2.38. The molecule has 0 amide bonds. The molecule has 0 aliphatic heterocycles. The summed E-state index contributed by atoms with van der Waals surface area (Å²) in [7, 11) is 0. The summed E-state index contributed by atoms with van der Waals surface area (Å²) in [5.74, 6) is 1.03. The van der Waals surface area contributed by atoms with E-state index >= 15 is 0 Å². The maximum atomic E-state index is 10.2. The predicted molar refractivity (Wildman–Crippen MR) is 69.1 cm³/mol. The average molecular weight is 237 g/mol. The van der Waals surface area contributed by atoms with Gasteiger partial charge in [-0.2, -0.15) is 0 Å². The summed E-state index contributed by atoms with van der Waals surface area (Å²) in [5.41, 5.74) is 0.854. The number of pyridine rings is 1. The lowest BCUT2D eigenvalue weighted by Crippen LogP contribution is -2.11. The van der Waals surface area contributed by atoms with E-state index in [0.29, 0.717) is 12.5 Å². The zero-order chi connectivity index (χ0) is 12.7. The normalized spacial score (nSPS) is 12.8. The van der Waals surface area contributed by atoms with Crippen molar-refractivity contribution in [3.8, 4) is 5.75 Å². The first-order valence-electron chi connectivity index (χ1n) is 6.48. The van der Waals surface area contributed by atoms with Crippen LogP contribution in [0.2, 0.25) is 0 Å². The van der Waals surface area contributed by atoms with Crippen molar-refractivity contribution in [1.82, 2.24) is 4.98 Å². The van der Waals surface area contributed by atoms with Gasteiger partial charge >= 0.3 is 0 Å². The molecule has 0 radical (unpaired) electrons. The van der Waals surface area contributed by atoms with Crippen LogP contribution in [-0.4, -0.2) is 16.7 Å². The molecule has 0 fully saturated rings. The minimum Gasteiger partial charge on any atom is -0.492 e. The molecule has 1 N–H and O–H groups in total. The zero-order valence-corrected chi connectivity index (χ0v) is 11.0. The highest BCUT2D eigenvalue weighted by molar-refractivity contribution is 5.25. The molecular weight excluding hydrogens is 214 g/mol. The maximum absolute atomic E-state index is 10.2. The van der Waals surface area contributed by atoms with Gasteiger partial charge in [-0.15, -0.1) is 0 Å². The highest BCUT2D eigenvalue weighted by atomic mass is 16.5. The maximum Gasteiger partial charge on any atom is 0.137 e. The van der Waals surface area contributed by atoms with Crippen molar-refractivity contribution in [2.75, 3.05) is 6.61 Å². The lowest BCUT2D eigenvalue weighted by Gasteiger charge is -2.20. The van der Waals surface area contributed by atoms with Gasteiger partial charge in [0.2, 0.25) is 0 Å². The van der Waals surface area contributed by atoms with E-state index in [2.05, 4.69) is 25.8 Å². The molecule has 1 unspecified atom stereocenters. The zero-order valence-electron chi connectivity index (χ0n) is 11.0. The molecule has 0 spiro atoms. The van der Waals surface area contributed by atoms with E-state index in [0.717, 1.165) is 30.6 Å². The molecule has 96 valence electrons. The highest BCUT2D eigenvalue weighted by Gasteiger charge is 2.18. The molecule has 3 heteroatoms. The molecule has 1 rings (SSSR count). The van der Waals surface area contributed by atoms with Gasteiger partial charge in [0.05, 0.1) is 18.9 Å². The first-order chi connectivity index (χ1) is 8.22. The number of hydrogen-bond donors (Lipinski definition) is 1. The van der Waals surface area contributed by atoms with Crippen molar-refractivity contribution in [3.63, 3.8) is 0 Å². The van der Waals surface area contributed by atoms with Crippen LogP contribution in [0.1, 0.15) is 51.7 Å². The van der Waals surface area contributed by atoms with Crippen LogP contribution >= 0.6 is 0 Å². The number of aromatic nitrogens is 1. The fourth-order valence-electron chi connectivity index (χ4n) is 1.90. The largest absolute Gasteiger partial charge is 0.492 e. The Hall–Kier alpha value is -1.09. The first-order valence-corrected chi connectivity index (χ1v) is 6.48. The van der Waals surface area contributed by atoms with Crippen molar-refractivity contribution >= 4 is 0 Å². The quantitative estimate of drug-likeness (QED) is 0.791. The van der Waals surface area contributed by atoms with Crippen LogP contribution in [0, 0.1) is 5.92 Å². The van der Waals surface area contributed by atoms with E-state index in [4.69, 9.17) is 4.74 Å². The topological polar surface area (TPSA) is 42.4 Å². The van der Waals surface area contributed by atoms with Gasteiger partial charge in [-0.1, -0.05) is 33.6 Å². The molecule has 1 atom stereocenters. The van der Waals surface area contributed by atoms with E-state index in [-0.39, 0.29) is 0 Å². The second kappa shape index (κ2) is 7.28. The summed E-state index contributed by atoms with van der Waals surface area (Å²) in [6.07, 6.45) is 5.89. The summed E-state index contributed by atoms with van der Waals surface area (Å²) in [6.45, 7) is 6.95. The second-order valence-electron chi connectivity index (χ2n) is 4.32. The molecule has 3 nitrogen and oxygen atoms in total. The Balaban J connectivity index is 2.75. The lowest BCUT2D eigenvalue weighted by molar-refractivity contribution is 0.103. The number of aliphatic hydroxyl groups is 1. The molecule has 0 saturated heterocycles. The Labute approximate surface area is 104 Å². The van der Waals surface area contributed by atoms with Gasteiger partial charge in [-0.25, -0.2) is 0 Å². The molecule has 0 aliphatic carbocycles. The molecule has 1 aromatic rings. The fraction of sp³-hybridized carbons (Fsp3) is 0.643. The second-order valence-corrected chi connectivity index (χ2v) is 4.32. The van der Waals surface area contributed by atoms with Gasteiger partial charge in [-0.3, -0.25) is 4.98 Å². The molecule has 0 bridgehead atoms.